The van der Waals surface area contributed by atoms with E-state index in [-0.39, 0.29) is 24.4 Å². The highest BCUT2D eigenvalue weighted by Crippen LogP contribution is 2.39. The number of hydrogen-bond acceptors (Lipinski definition) is 4. The largest absolute Gasteiger partial charge is 0.507 e. The Hall–Kier alpha value is -2.63. The van der Waals surface area contributed by atoms with Gasteiger partial charge in [-0.2, -0.15) is 0 Å². The number of aliphatic hydroxyl groups excluding tert-OH is 1. The Bertz CT molecular complexity index is 918. The Morgan fingerprint density at radius 3 is 2.25 bits per heavy atom. The highest BCUT2D eigenvalue weighted by Gasteiger charge is 2.45. The number of hydrogen-bond donors (Lipinski definition) is 2. The van der Waals surface area contributed by atoms with Crippen molar-refractivity contribution in [1.82, 2.24) is 4.90 Å². The van der Waals surface area contributed by atoms with E-state index in [1.165, 1.54) is 4.90 Å². The second-order valence-electron chi connectivity index (χ2n) is 7.11. The van der Waals surface area contributed by atoms with Gasteiger partial charge in [-0.25, -0.2) is 0 Å². The van der Waals surface area contributed by atoms with Crippen LogP contribution in [0.4, 0.5) is 0 Å². The van der Waals surface area contributed by atoms with Crippen LogP contribution in [0, 0.1) is 0 Å². The van der Waals surface area contributed by atoms with E-state index < -0.39 is 17.7 Å². The maximum Gasteiger partial charge on any atom is 0.295 e. The first-order valence-electron chi connectivity index (χ1n) is 9.19. The molecular weight excluding hydrogens is 376 g/mol. The Labute approximate surface area is 169 Å². The molecule has 0 spiro atoms. The molecule has 1 saturated heterocycles. The summed E-state index contributed by atoms with van der Waals surface area (Å²) < 4.78 is 0. The standard InChI is InChI=1S/C22H23ClN2O3/c1-13(2)14-3-5-15(6-4-14)19-18(21(27)22(28)25(19)12-11-24)20(26)16-7-9-17(23)10-8-16/h3-10,13,19,26H,11-12,24H2,1-2H3. The average molecular weight is 399 g/mol. The normalized spacial score (nSPS) is 18.9. The van der Waals surface area contributed by atoms with Crippen molar-refractivity contribution < 1.29 is 14.7 Å². The van der Waals surface area contributed by atoms with Gasteiger partial charge in [0, 0.05) is 23.7 Å². The van der Waals surface area contributed by atoms with Crippen molar-refractivity contribution in [3.8, 4) is 0 Å². The van der Waals surface area contributed by atoms with Crippen molar-refractivity contribution in [3.05, 3.63) is 75.8 Å². The fourth-order valence-corrected chi connectivity index (χ4v) is 3.55. The Morgan fingerprint density at radius 1 is 1.11 bits per heavy atom. The van der Waals surface area contributed by atoms with Gasteiger partial charge in [0.25, 0.3) is 11.7 Å². The van der Waals surface area contributed by atoms with E-state index in [0.29, 0.717) is 16.5 Å². The van der Waals surface area contributed by atoms with Gasteiger partial charge in [-0.15, -0.1) is 0 Å². The number of halogens is 1. The summed E-state index contributed by atoms with van der Waals surface area (Å²) >= 11 is 5.92. The predicted molar refractivity (Wildman–Crippen MR) is 110 cm³/mol. The van der Waals surface area contributed by atoms with Crippen LogP contribution >= 0.6 is 11.6 Å². The molecule has 1 fully saturated rings. The van der Waals surface area contributed by atoms with Gasteiger partial charge in [-0.3, -0.25) is 9.59 Å². The maximum atomic E-state index is 12.8. The summed E-state index contributed by atoms with van der Waals surface area (Å²) in [6.45, 7) is 4.62. The van der Waals surface area contributed by atoms with Gasteiger partial charge >= 0.3 is 0 Å². The number of aliphatic hydroxyl groups is 1. The zero-order valence-electron chi connectivity index (χ0n) is 15.9. The van der Waals surface area contributed by atoms with Crippen molar-refractivity contribution >= 4 is 29.1 Å². The molecule has 1 heterocycles. The molecule has 0 aliphatic carbocycles. The highest BCUT2D eigenvalue weighted by molar-refractivity contribution is 6.46. The number of rotatable bonds is 5. The third kappa shape index (κ3) is 3.68. The van der Waals surface area contributed by atoms with Crippen LogP contribution in [-0.2, 0) is 9.59 Å². The third-order valence-corrected chi connectivity index (χ3v) is 5.20. The van der Waals surface area contributed by atoms with Crippen LogP contribution in [0.2, 0.25) is 5.02 Å². The van der Waals surface area contributed by atoms with E-state index >= 15 is 0 Å². The molecule has 1 atom stereocenters. The zero-order chi connectivity index (χ0) is 20.4. The number of amides is 1. The lowest BCUT2D eigenvalue weighted by molar-refractivity contribution is -0.139. The molecule has 2 aromatic rings. The minimum Gasteiger partial charge on any atom is -0.507 e. The molecule has 0 saturated carbocycles. The smallest absolute Gasteiger partial charge is 0.295 e. The molecule has 1 unspecified atom stereocenters. The van der Waals surface area contributed by atoms with Crippen LogP contribution in [0.25, 0.3) is 5.76 Å². The second-order valence-corrected chi connectivity index (χ2v) is 7.55. The molecule has 3 N–H and O–H groups in total. The average Bonchev–Trinajstić information content (AvgIpc) is 2.93. The van der Waals surface area contributed by atoms with E-state index in [0.717, 1.165) is 11.1 Å². The lowest BCUT2D eigenvalue weighted by atomic mass is 9.93. The van der Waals surface area contributed by atoms with Crippen LogP contribution < -0.4 is 5.73 Å². The summed E-state index contributed by atoms with van der Waals surface area (Å²) in [5, 5.41) is 11.4. The first kappa shape index (κ1) is 20.1. The number of likely N-dealkylation sites (tertiary alicyclic amines) is 1. The van der Waals surface area contributed by atoms with E-state index in [1.807, 2.05) is 24.3 Å². The molecule has 1 amide bonds. The van der Waals surface area contributed by atoms with Gasteiger partial charge in [0.15, 0.2) is 0 Å². The van der Waals surface area contributed by atoms with Crippen molar-refractivity contribution in [2.24, 2.45) is 5.73 Å². The summed E-state index contributed by atoms with van der Waals surface area (Å²) in [5.74, 6) is -1.22. The monoisotopic (exact) mass is 398 g/mol. The topological polar surface area (TPSA) is 83.6 Å². The van der Waals surface area contributed by atoms with Gasteiger partial charge in [-0.05, 0) is 41.3 Å². The predicted octanol–water partition coefficient (Wildman–Crippen LogP) is 3.84. The van der Waals surface area contributed by atoms with Gasteiger partial charge in [0.1, 0.15) is 5.76 Å². The van der Waals surface area contributed by atoms with Crippen LogP contribution in [0.15, 0.2) is 54.1 Å². The number of benzene rings is 2. The molecular formula is C22H23ClN2O3. The highest BCUT2D eigenvalue weighted by atomic mass is 35.5. The zero-order valence-corrected chi connectivity index (χ0v) is 16.6. The molecule has 1 aliphatic rings. The van der Waals surface area contributed by atoms with Crippen molar-refractivity contribution in [1.29, 1.82) is 0 Å². The summed E-state index contributed by atoms with van der Waals surface area (Å²) in [4.78, 5) is 26.8. The molecule has 0 aromatic heterocycles. The summed E-state index contributed by atoms with van der Waals surface area (Å²) in [7, 11) is 0. The fraction of sp³-hybridized carbons (Fsp3) is 0.273. The van der Waals surface area contributed by atoms with Crippen LogP contribution in [0.3, 0.4) is 0 Å². The summed E-state index contributed by atoms with van der Waals surface area (Å²) in [5.41, 5.74) is 8.08. The van der Waals surface area contributed by atoms with E-state index in [2.05, 4.69) is 13.8 Å². The van der Waals surface area contributed by atoms with Crippen molar-refractivity contribution in [2.75, 3.05) is 13.1 Å². The fourth-order valence-electron chi connectivity index (χ4n) is 3.42. The van der Waals surface area contributed by atoms with Gasteiger partial charge < -0.3 is 15.7 Å². The number of carbonyl (C=O) groups excluding carboxylic acids is 2. The SMILES string of the molecule is CC(C)c1ccc(C2C(=C(O)c3ccc(Cl)cc3)C(=O)C(=O)N2CCN)cc1. The Balaban J connectivity index is 2.14. The van der Waals surface area contributed by atoms with E-state index in [9.17, 15) is 14.7 Å². The van der Waals surface area contributed by atoms with Crippen molar-refractivity contribution in [2.45, 2.75) is 25.8 Å². The molecule has 0 bridgehead atoms. The Morgan fingerprint density at radius 2 is 1.71 bits per heavy atom. The van der Waals surface area contributed by atoms with Crippen LogP contribution in [0.1, 0.15) is 42.5 Å². The molecule has 28 heavy (non-hydrogen) atoms. The third-order valence-electron chi connectivity index (χ3n) is 4.95. The van der Waals surface area contributed by atoms with E-state index in [1.54, 1.807) is 24.3 Å². The maximum absolute atomic E-state index is 12.8. The molecule has 0 radical (unpaired) electrons. The summed E-state index contributed by atoms with van der Waals surface area (Å²) in [6, 6.07) is 13.5. The minimum absolute atomic E-state index is 0.0677. The quantitative estimate of drug-likeness (QED) is 0.455. The number of nitrogens with two attached hydrogens (primary N) is 1. The van der Waals surface area contributed by atoms with E-state index in [4.69, 9.17) is 17.3 Å². The summed E-state index contributed by atoms with van der Waals surface area (Å²) in [6.07, 6.45) is 0. The van der Waals surface area contributed by atoms with Gasteiger partial charge in [0.05, 0.1) is 11.6 Å². The lowest BCUT2D eigenvalue weighted by Gasteiger charge is -2.25. The second kappa shape index (κ2) is 8.17. The minimum atomic E-state index is -0.709. The lowest BCUT2D eigenvalue weighted by Crippen LogP contribution is -2.34. The first-order valence-corrected chi connectivity index (χ1v) is 9.57. The van der Waals surface area contributed by atoms with Gasteiger partial charge in [0.2, 0.25) is 0 Å². The number of carbonyl (C=O) groups is 2. The Kier molecular flexibility index (Phi) is 5.87. The molecule has 6 heteroatoms. The number of Topliss-reactive ketones (excluding diaryl/α,β-unsaturated/α-hetero) is 1. The molecule has 5 nitrogen and oxygen atoms in total. The van der Waals surface area contributed by atoms with Crippen molar-refractivity contribution in [3.63, 3.8) is 0 Å². The molecule has 1 aliphatic heterocycles. The number of ketones is 1. The first-order chi connectivity index (χ1) is 13.3. The molecule has 2 aromatic carbocycles. The molecule has 3 rings (SSSR count). The molecule has 146 valence electrons. The van der Waals surface area contributed by atoms with Crippen LogP contribution in [-0.4, -0.2) is 34.8 Å². The van der Waals surface area contributed by atoms with Crippen LogP contribution in [0.5, 0.6) is 0 Å². The number of nitrogens with zero attached hydrogens (tertiary/aromatic N) is 1. The van der Waals surface area contributed by atoms with Gasteiger partial charge in [-0.1, -0.05) is 49.7 Å².